The zero-order chi connectivity index (χ0) is 8.69. The van der Waals surface area contributed by atoms with E-state index in [1.54, 1.807) is 0 Å². The van der Waals surface area contributed by atoms with E-state index in [1.807, 2.05) is 0 Å². The molecule has 0 heterocycles. The molecule has 3 nitrogen and oxygen atoms in total. The van der Waals surface area contributed by atoms with Crippen LogP contribution in [0.4, 0.5) is 4.39 Å². The molecule has 0 atom stereocenters. The van der Waals surface area contributed by atoms with E-state index in [4.69, 9.17) is 5.11 Å². The summed E-state index contributed by atoms with van der Waals surface area (Å²) in [6, 6.07) is 0. The summed E-state index contributed by atoms with van der Waals surface area (Å²) in [6.07, 6.45) is 1.41. The van der Waals surface area contributed by atoms with Crippen LogP contribution in [0.2, 0.25) is 0 Å². The normalized spacial score (nSPS) is 10.3. The van der Waals surface area contributed by atoms with E-state index in [0.29, 0.717) is 6.33 Å². The highest BCUT2D eigenvalue weighted by Gasteiger charge is 2.05. The SMILES string of the molecule is O=C(O)CC(=O)CCC=CF. The molecule has 0 bridgehead atoms. The number of hydrogen-bond donors (Lipinski definition) is 1. The summed E-state index contributed by atoms with van der Waals surface area (Å²) >= 11 is 0. The molecule has 0 amide bonds. The van der Waals surface area contributed by atoms with E-state index in [2.05, 4.69) is 0 Å². The minimum atomic E-state index is -1.14. The molecule has 0 fully saturated rings. The lowest BCUT2D eigenvalue weighted by molar-refractivity contribution is -0.140. The summed E-state index contributed by atoms with van der Waals surface area (Å²) in [4.78, 5) is 20.5. The quantitative estimate of drug-likeness (QED) is 0.616. The van der Waals surface area contributed by atoms with Crippen LogP contribution in [0.25, 0.3) is 0 Å². The van der Waals surface area contributed by atoms with E-state index >= 15 is 0 Å². The molecule has 0 radical (unpaired) electrons. The monoisotopic (exact) mass is 160 g/mol. The summed E-state index contributed by atoms with van der Waals surface area (Å²) in [5.41, 5.74) is 0. The maximum absolute atomic E-state index is 11.3. The predicted molar refractivity (Wildman–Crippen MR) is 36.7 cm³/mol. The smallest absolute Gasteiger partial charge is 0.310 e. The maximum Gasteiger partial charge on any atom is 0.310 e. The minimum Gasteiger partial charge on any atom is -0.481 e. The first-order valence-corrected chi connectivity index (χ1v) is 3.15. The third kappa shape index (κ3) is 6.70. The Morgan fingerprint density at radius 1 is 1.45 bits per heavy atom. The molecule has 0 saturated heterocycles. The van der Waals surface area contributed by atoms with Crippen LogP contribution in [0, 0.1) is 0 Å². The zero-order valence-electron chi connectivity index (χ0n) is 5.92. The first kappa shape index (κ1) is 9.81. The lowest BCUT2D eigenvalue weighted by atomic mass is 10.2. The number of allylic oxidation sites excluding steroid dienone is 1. The van der Waals surface area contributed by atoms with Crippen LogP contribution >= 0.6 is 0 Å². The number of carboxylic acids is 1. The molecular formula is C7H9FO3. The Labute approximate surface area is 63.5 Å². The van der Waals surface area contributed by atoms with Gasteiger partial charge in [0.2, 0.25) is 0 Å². The van der Waals surface area contributed by atoms with Crippen LogP contribution in [-0.4, -0.2) is 16.9 Å². The third-order valence-corrected chi connectivity index (χ3v) is 1.03. The second-order valence-corrected chi connectivity index (χ2v) is 2.01. The number of aliphatic carboxylic acids is 1. The number of hydrogen-bond acceptors (Lipinski definition) is 2. The van der Waals surface area contributed by atoms with Crippen LogP contribution in [-0.2, 0) is 9.59 Å². The highest BCUT2D eigenvalue weighted by atomic mass is 19.1. The summed E-state index contributed by atoms with van der Waals surface area (Å²) < 4.78 is 11.3. The summed E-state index contributed by atoms with van der Waals surface area (Å²) in [5.74, 6) is -1.52. The van der Waals surface area contributed by atoms with E-state index in [-0.39, 0.29) is 18.6 Å². The van der Waals surface area contributed by atoms with Crippen LogP contribution in [0.15, 0.2) is 12.4 Å². The highest BCUT2D eigenvalue weighted by molar-refractivity contribution is 5.94. The number of carbonyl (C=O) groups excluding carboxylic acids is 1. The minimum absolute atomic E-state index is 0.0900. The van der Waals surface area contributed by atoms with E-state index < -0.39 is 12.4 Å². The van der Waals surface area contributed by atoms with Crippen molar-refractivity contribution in [3.63, 3.8) is 0 Å². The van der Waals surface area contributed by atoms with Crippen molar-refractivity contribution in [2.75, 3.05) is 0 Å². The molecule has 0 spiro atoms. The summed E-state index contributed by atoms with van der Waals surface area (Å²) in [5, 5.41) is 8.13. The Kier molecular flexibility index (Phi) is 4.98. The van der Waals surface area contributed by atoms with Gasteiger partial charge in [-0.15, -0.1) is 0 Å². The summed E-state index contributed by atoms with van der Waals surface area (Å²) in [7, 11) is 0. The van der Waals surface area contributed by atoms with Gasteiger partial charge < -0.3 is 5.11 Å². The van der Waals surface area contributed by atoms with E-state index in [0.717, 1.165) is 0 Å². The molecule has 0 saturated carbocycles. The third-order valence-electron chi connectivity index (χ3n) is 1.03. The van der Waals surface area contributed by atoms with Crippen molar-refractivity contribution in [2.45, 2.75) is 19.3 Å². The second-order valence-electron chi connectivity index (χ2n) is 2.01. The number of rotatable bonds is 5. The van der Waals surface area contributed by atoms with Gasteiger partial charge in [-0.05, 0) is 6.42 Å². The molecule has 0 aliphatic carbocycles. The van der Waals surface area contributed by atoms with Gasteiger partial charge in [-0.3, -0.25) is 9.59 Å². The number of ketones is 1. The van der Waals surface area contributed by atoms with Crippen molar-refractivity contribution in [3.8, 4) is 0 Å². The van der Waals surface area contributed by atoms with Crippen LogP contribution in [0.1, 0.15) is 19.3 Å². The average Bonchev–Trinajstić information content (AvgIpc) is 1.86. The molecule has 0 aliphatic heterocycles. The fourth-order valence-electron chi connectivity index (χ4n) is 0.564. The fraction of sp³-hybridized carbons (Fsp3) is 0.429. The van der Waals surface area contributed by atoms with Gasteiger partial charge in [-0.2, -0.15) is 0 Å². The Hall–Kier alpha value is -1.19. The van der Waals surface area contributed by atoms with Crippen LogP contribution < -0.4 is 0 Å². The van der Waals surface area contributed by atoms with Crippen molar-refractivity contribution >= 4 is 11.8 Å². The molecule has 0 unspecified atom stereocenters. The predicted octanol–water partition coefficient (Wildman–Crippen LogP) is 1.29. The molecule has 0 aromatic rings. The Bertz CT molecular complexity index is 175. The first-order chi connectivity index (χ1) is 5.16. The van der Waals surface area contributed by atoms with Gasteiger partial charge in [0, 0.05) is 6.42 Å². The molecule has 0 aromatic heterocycles. The molecule has 4 heteroatoms. The average molecular weight is 160 g/mol. The van der Waals surface area contributed by atoms with Gasteiger partial charge in [-0.25, -0.2) is 4.39 Å². The molecule has 1 N–H and O–H groups in total. The molecular weight excluding hydrogens is 151 g/mol. The Morgan fingerprint density at radius 2 is 2.09 bits per heavy atom. The van der Waals surface area contributed by atoms with E-state index in [9.17, 15) is 14.0 Å². The Morgan fingerprint density at radius 3 is 2.55 bits per heavy atom. The van der Waals surface area contributed by atoms with Gasteiger partial charge in [-0.1, -0.05) is 6.08 Å². The molecule has 0 aliphatic rings. The molecule has 0 aromatic carbocycles. The number of carbonyl (C=O) groups is 2. The van der Waals surface area contributed by atoms with Crippen LogP contribution in [0.3, 0.4) is 0 Å². The number of halogens is 1. The largest absolute Gasteiger partial charge is 0.481 e. The van der Waals surface area contributed by atoms with E-state index in [1.165, 1.54) is 6.08 Å². The summed E-state index contributed by atoms with van der Waals surface area (Å²) in [6.45, 7) is 0. The van der Waals surface area contributed by atoms with Crippen molar-refractivity contribution < 1.29 is 19.1 Å². The standard InChI is InChI=1S/C7H9FO3/c8-4-2-1-3-6(9)5-7(10)11/h2,4H,1,3,5H2,(H,10,11). The highest BCUT2D eigenvalue weighted by Crippen LogP contribution is 1.96. The number of Topliss-reactive ketones (excluding diaryl/α,β-unsaturated/α-hetero) is 1. The first-order valence-electron chi connectivity index (χ1n) is 3.15. The lowest BCUT2D eigenvalue weighted by Crippen LogP contribution is -2.05. The van der Waals surface area contributed by atoms with Gasteiger partial charge in [0.1, 0.15) is 12.2 Å². The topological polar surface area (TPSA) is 54.4 Å². The molecule has 62 valence electrons. The fourth-order valence-corrected chi connectivity index (χ4v) is 0.564. The van der Waals surface area contributed by atoms with Crippen molar-refractivity contribution in [3.05, 3.63) is 12.4 Å². The second kappa shape index (κ2) is 5.58. The van der Waals surface area contributed by atoms with Crippen molar-refractivity contribution in [2.24, 2.45) is 0 Å². The van der Waals surface area contributed by atoms with Crippen LogP contribution in [0.5, 0.6) is 0 Å². The maximum atomic E-state index is 11.3. The number of carboxylic acid groups (broad SMARTS) is 1. The lowest BCUT2D eigenvalue weighted by Gasteiger charge is -1.91. The van der Waals surface area contributed by atoms with Gasteiger partial charge >= 0.3 is 5.97 Å². The van der Waals surface area contributed by atoms with Crippen molar-refractivity contribution in [1.29, 1.82) is 0 Å². The van der Waals surface area contributed by atoms with Gasteiger partial charge in [0.25, 0.3) is 0 Å². The van der Waals surface area contributed by atoms with Gasteiger partial charge in [0.15, 0.2) is 0 Å². The van der Waals surface area contributed by atoms with Gasteiger partial charge in [0.05, 0.1) is 6.33 Å². The molecule has 0 rings (SSSR count). The molecule has 11 heavy (non-hydrogen) atoms. The zero-order valence-corrected chi connectivity index (χ0v) is 5.92. The Balaban J connectivity index is 3.45. The van der Waals surface area contributed by atoms with Crippen molar-refractivity contribution in [1.82, 2.24) is 0 Å².